The van der Waals surface area contributed by atoms with Gasteiger partial charge in [0, 0.05) is 5.38 Å². The zero-order valence-corrected chi connectivity index (χ0v) is 14.3. The molecule has 0 bridgehead atoms. The fraction of sp³-hybridized carbons (Fsp3) is 0.400. The largest absolute Gasteiger partial charge is 0.496 e. The lowest BCUT2D eigenvalue weighted by atomic mass is 10.0. The minimum absolute atomic E-state index is 0.255. The molecule has 0 radical (unpaired) electrons. The smallest absolute Gasteiger partial charge is 0.133 e. The van der Waals surface area contributed by atoms with Crippen molar-refractivity contribution in [3.05, 3.63) is 44.3 Å². The summed E-state index contributed by atoms with van der Waals surface area (Å²) in [6, 6.07) is 6.47. The predicted molar refractivity (Wildman–Crippen MR) is 87.7 cm³/mol. The molecule has 108 valence electrons. The van der Waals surface area contributed by atoms with Crippen LogP contribution in [0.25, 0.3) is 0 Å². The van der Waals surface area contributed by atoms with E-state index in [9.17, 15) is 0 Å². The Morgan fingerprint density at radius 2 is 2.25 bits per heavy atom. The van der Waals surface area contributed by atoms with Gasteiger partial charge in [0.1, 0.15) is 5.75 Å². The van der Waals surface area contributed by atoms with Gasteiger partial charge in [0.2, 0.25) is 0 Å². The zero-order valence-electron chi connectivity index (χ0n) is 11.9. The van der Waals surface area contributed by atoms with E-state index in [0.717, 1.165) is 33.9 Å². The number of likely N-dealkylation sites (N-methyl/N-ethyl adjacent to an activating group) is 1. The monoisotopic (exact) mass is 354 g/mol. The topological polar surface area (TPSA) is 34.1 Å². The zero-order chi connectivity index (χ0) is 14.5. The second-order valence-electron chi connectivity index (χ2n) is 4.57. The van der Waals surface area contributed by atoms with E-state index in [-0.39, 0.29) is 6.04 Å². The van der Waals surface area contributed by atoms with Gasteiger partial charge in [0.25, 0.3) is 0 Å². The van der Waals surface area contributed by atoms with Gasteiger partial charge < -0.3 is 10.1 Å². The number of methoxy groups -OCH3 is 1. The number of hydrogen-bond donors (Lipinski definition) is 1. The number of aromatic nitrogens is 1. The highest BCUT2D eigenvalue weighted by molar-refractivity contribution is 9.10. The van der Waals surface area contributed by atoms with Crippen LogP contribution in [0.15, 0.2) is 28.1 Å². The molecule has 1 N–H and O–H groups in total. The van der Waals surface area contributed by atoms with Crippen molar-refractivity contribution in [2.24, 2.45) is 0 Å². The summed E-state index contributed by atoms with van der Waals surface area (Å²) < 4.78 is 6.26. The van der Waals surface area contributed by atoms with Crippen molar-refractivity contribution >= 4 is 27.3 Å². The number of nitrogens with zero attached hydrogens (tertiary/aromatic N) is 1. The van der Waals surface area contributed by atoms with Crippen LogP contribution in [0.2, 0.25) is 0 Å². The number of ether oxygens (including phenoxy) is 1. The van der Waals surface area contributed by atoms with Crippen molar-refractivity contribution in [3.8, 4) is 5.75 Å². The van der Waals surface area contributed by atoms with Gasteiger partial charge in [-0.15, -0.1) is 11.3 Å². The Kier molecular flexibility index (Phi) is 5.57. The van der Waals surface area contributed by atoms with E-state index >= 15 is 0 Å². The van der Waals surface area contributed by atoms with Crippen LogP contribution < -0.4 is 10.1 Å². The quantitative estimate of drug-likeness (QED) is 0.847. The van der Waals surface area contributed by atoms with Gasteiger partial charge >= 0.3 is 0 Å². The van der Waals surface area contributed by atoms with E-state index in [2.05, 4.69) is 50.7 Å². The molecule has 2 aromatic rings. The summed E-state index contributed by atoms with van der Waals surface area (Å²) >= 11 is 5.24. The molecular formula is C15H19BrN2OS. The molecule has 3 nitrogen and oxygen atoms in total. The van der Waals surface area contributed by atoms with Gasteiger partial charge in [-0.25, -0.2) is 4.98 Å². The molecule has 0 amide bonds. The SMILES string of the molecule is CCNC(Cc1ccc(OC)c(Br)c1)c1csc(C)n1. The average molecular weight is 355 g/mol. The van der Waals surface area contributed by atoms with E-state index < -0.39 is 0 Å². The maximum Gasteiger partial charge on any atom is 0.133 e. The lowest BCUT2D eigenvalue weighted by Gasteiger charge is -2.16. The van der Waals surface area contributed by atoms with Gasteiger partial charge in [-0.3, -0.25) is 0 Å². The Labute approximate surface area is 132 Å². The maximum absolute atomic E-state index is 5.27. The van der Waals surface area contributed by atoms with Crippen molar-refractivity contribution in [1.29, 1.82) is 0 Å². The first-order valence-corrected chi connectivity index (χ1v) is 8.29. The Morgan fingerprint density at radius 3 is 2.80 bits per heavy atom. The number of thiazole rings is 1. The van der Waals surface area contributed by atoms with Gasteiger partial charge in [-0.2, -0.15) is 0 Å². The molecule has 0 aliphatic rings. The van der Waals surface area contributed by atoms with E-state index in [0.29, 0.717) is 0 Å². The fourth-order valence-corrected chi connectivity index (χ4v) is 3.39. The number of hydrogen-bond acceptors (Lipinski definition) is 4. The van der Waals surface area contributed by atoms with Gasteiger partial charge in [-0.05, 0) is 53.5 Å². The third-order valence-electron chi connectivity index (χ3n) is 3.10. The maximum atomic E-state index is 5.27. The Hall–Kier alpha value is -0.910. The van der Waals surface area contributed by atoms with E-state index in [1.807, 2.05) is 13.0 Å². The average Bonchev–Trinajstić information content (AvgIpc) is 2.85. The molecule has 1 aromatic heterocycles. The molecule has 20 heavy (non-hydrogen) atoms. The Bertz CT molecular complexity index is 571. The van der Waals surface area contributed by atoms with Crippen LogP contribution in [0, 0.1) is 6.92 Å². The predicted octanol–water partition coefficient (Wildman–Crippen LogP) is 4.12. The highest BCUT2D eigenvalue weighted by Gasteiger charge is 2.15. The van der Waals surface area contributed by atoms with Crippen molar-refractivity contribution in [2.75, 3.05) is 13.7 Å². The number of aryl methyl sites for hydroxylation is 1. The lowest BCUT2D eigenvalue weighted by Crippen LogP contribution is -2.23. The summed E-state index contributed by atoms with van der Waals surface area (Å²) in [6.45, 7) is 5.09. The molecule has 0 saturated carbocycles. The summed E-state index contributed by atoms with van der Waals surface area (Å²) in [6.07, 6.45) is 0.916. The Morgan fingerprint density at radius 1 is 1.45 bits per heavy atom. The second kappa shape index (κ2) is 7.20. The van der Waals surface area contributed by atoms with Gasteiger partial charge in [0.05, 0.1) is 28.3 Å². The molecule has 0 aliphatic heterocycles. The first kappa shape index (κ1) is 15.5. The summed E-state index contributed by atoms with van der Waals surface area (Å²) in [5.41, 5.74) is 2.38. The molecule has 1 atom stereocenters. The minimum atomic E-state index is 0.255. The summed E-state index contributed by atoms with van der Waals surface area (Å²) in [7, 11) is 1.68. The van der Waals surface area contributed by atoms with Crippen LogP contribution in [0.5, 0.6) is 5.75 Å². The first-order valence-electron chi connectivity index (χ1n) is 6.61. The van der Waals surface area contributed by atoms with Crippen molar-refractivity contribution in [2.45, 2.75) is 26.3 Å². The van der Waals surface area contributed by atoms with Crippen LogP contribution in [-0.4, -0.2) is 18.6 Å². The van der Waals surface area contributed by atoms with Gasteiger partial charge in [0.15, 0.2) is 0 Å². The van der Waals surface area contributed by atoms with Crippen LogP contribution >= 0.6 is 27.3 Å². The molecule has 1 aromatic carbocycles. The molecule has 5 heteroatoms. The Balaban J connectivity index is 2.17. The summed E-state index contributed by atoms with van der Waals surface area (Å²) in [5.74, 6) is 0.859. The van der Waals surface area contributed by atoms with Crippen molar-refractivity contribution < 1.29 is 4.74 Å². The highest BCUT2D eigenvalue weighted by atomic mass is 79.9. The number of nitrogens with one attached hydrogen (secondary N) is 1. The van der Waals surface area contributed by atoms with Crippen molar-refractivity contribution in [1.82, 2.24) is 10.3 Å². The second-order valence-corrected chi connectivity index (χ2v) is 6.49. The number of halogens is 1. The minimum Gasteiger partial charge on any atom is -0.496 e. The summed E-state index contributed by atoms with van der Waals surface area (Å²) in [5, 5.41) is 6.76. The third kappa shape index (κ3) is 3.81. The molecule has 0 spiro atoms. The van der Waals surface area contributed by atoms with Gasteiger partial charge in [-0.1, -0.05) is 13.0 Å². The molecule has 2 rings (SSSR count). The lowest BCUT2D eigenvalue weighted by molar-refractivity contribution is 0.412. The normalized spacial score (nSPS) is 12.4. The molecular weight excluding hydrogens is 336 g/mol. The van der Waals surface area contributed by atoms with Crippen LogP contribution in [0.1, 0.15) is 29.2 Å². The van der Waals surface area contributed by atoms with E-state index in [1.54, 1.807) is 18.4 Å². The molecule has 0 aliphatic carbocycles. The summed E-state index contributed by atoms with van der Waals surface area (Å²) in [4.78, 5) is 4.60. The van der Waals surface area contributed by atoms with E-state index in [4.69, 9.17) is 4.74 Å². The molecule has 0 fully saturated rings. The molecule has 1 unspecified atom stereocenters. The molecule has 0 saturated heterocycles. The van der Waals surface area contributed by atoms with Crippen molar-refractivity contribution in [3.63, 3.8) is 0 Å². The highest BCUT2D eigenvalue weighted by Crippen LogP contribution is 2.28. The van der Waals surface area contributed by atoms with Crippen LogP contribution in [0.4, 0.5) is 0 Å². The first-order chi connectivity index (χ1) is 9.63. The standard InChI is InChI=1S/C15H19BrN2OS/c1-4-17-13(14-9-20-10(2)18-14)8-11-5-6-15(19-3)12(16)7-11/h5-7,9,13,17H,4,8H2,1-3H3. The van der Waals surface area contributed by atoms with E-state index in [1.165, 1.54) is 5.56 Å². The number of benzene rings is 1. The number of rotatable bonds is 6. The van der Waals surface area contributed by atoms with Crippen LogP contribution in [-0.2, 0) is 6.42 Å². The fourth-order valence-electron chi connectivity index (χ4n) is 2.14. The van der Waals surface area contributed by atoms with Crippen LogP contribution in [0.3, 0.4) is 0 Å². The molecule has 1 heterocycles. The third-order valence-corrected chi connectivity index (χ3v) is 4.51.